The van der Waals surface area contributed by atoms with Gasteiger partial charge < -0.3 is 4.74 Å². The van der Waals surface area contributed by atoms with Gasteiger partial charge in [0.2, 0.25) is 0 Å². The number of benzene rings is 1. The Hall–Kier alpha value is -1.38. The van der Waals surface area contributed by atoms with Gasteiger partial charge >= 0.3 is 0 Å². The fraction of sp³-hybridized carbons (Fsp3) is 0.667. The zero-order chi connectivity index (χ0) is 17.3. The molecule has 0 spiro atoms. The molecule has 132 valence electrons. The molecule has 0 saturated heterocycles. The van der Waals surface area contributed by atoms with E-state index in [2.05, 4.69) is 20.8 Å². The van der Waals surface area contributed by atoms with Crippen molar-refractivity contribution in [2.75, 3.05) is 6.61 Å². The van der Waals surface area contributed by atoms with Gasteiger partial charge in [0.05, 0.1) is 12.2 Å². The van der Waals surface area contributed by atoms with E-state index in [1.54, 1.807) is 6.07 Å². The number of hydrogen-bond donors (Lipinski definition) is 0. The highest BCUT2D eigenvalue weighted by molar-refractivity contribution is 5.76. The molecule has 1 aromatic carbocycles. The number of carbonyl (C=O) groups is 1. The minimum atomic E-state index is -0.470. The molecule has 0 aromatic heterocycles. The van der Waals surface area contributed by atoms with Crippen molar-refractivity contribution < 1.29 is 13.9 Å². The Morgan fingerprint density at radius 3 is 2.58 bits per heavy atom. The minimum absolute atomic E-state index is 0.149. The van der Waals surface area contributed by atoms with E-state index in [4.69, 9.17) is 4.74 Å². The number of carbonyl (C=O) groups excluding carboxylic acids is 1. The highest BCUT2D eigenvalue weighted by Crippen LogP contribution is 2.46. The molecule has 3 heteroatoms. The first-order valence-corrected chi connectivity index (χ1v) is 9.39. The highest BCUT2D eigenvalue weighted by atomic mass is 19.1. The second-order valence-electron chi connectivity index (χ2n) is 8.34. The molecule has 3 unspecified atom stereocenters. The van der Waals surface area contributed by atoms with E-state index in [0.717, 1.165) is 24.3 Å². The van der Waals surface area contributed by atoms with Crippen LogP contribution < -0.4 is 4.74 Å². The predicted octanol–water partition coefficient (Wildman–Crippen LogP) is 5.60. The summed E-state index contributed by atoms with van der Waals surface area (Å²) in [5.74, 6) is 3.35. The van der Waals surface area contributed by atoms with Crippen molar-refractivity contribution in [3.8, 4) is 5.75 Å². The molecule has 2 nitrogen and oxygen atoms in total. The van der Waals surface area contributed by atoms with Crippen LogP contribution in [0.4, 0.5) is 4.39 Å². The van der Waals surface area contributed by atoms with E-state index in [1.165, 1.54) is 25.3 Å². The van der Waals surface area contributed by atoms with E-state index in [9.17, 15) is 9.18 Å². The molecule has 2 aliphatic rings. The smallest absolute Gasteiger partial charge is 0.153 e. The second kappa shape index (κ2) is 7.25. The highest BCUT2D eigenvalue weighted by Gasteiger charge is 2.33. The first-order chi connectivity index (χ1) is 11.5. The largest absolute Gasteiger partial charge is 0.493 e. The summed E-state index contributed by atoms with van der Waals surface area (Å²) in [6.45, 7) is 7.54. The lowest BCUT2D eigenvalue weighted by Crippen LogP contribution is -2.18. The number of aldehydes is 1. The van der Waals surface area contributed by atoms with Crippen LogP contribution >= 0.6 is 0 Å². The Morgan fingerprint density at radius 1 is 1.25 bits per heavy atom. The summed E-state index contributed by atoms with van der Waals surface area (Å²) in [5.41, 5.74) is 1.17. The molecule has 1 aromatic rings. The lowest BCUT2D eigenvalue weighted by molar-refractivity contribution is 0.111. The third kappa shape index (κ3) is 3.99. The predicted molar refractivity (Wildman–Crippen MR) is 94.1 cm³/mol. The van der Waals surface area contributed by atoms with Gasteiger partial charge in [0, 0.05) is 6.07 Å². The monoisotopic (exact) mass is 332 g/mol. The van der Waals surface area contributed by atoms with Crippen LogP contribution in [-0.4, -0.2) is 12.9 Å². The third-order valence-electron chi connectivity index (χ3n) is 5.58. The van der Waals surface area contributed by atoms with Crippen LogP contribution in [0.15, 0.2) is 12.1 Å². The Morgan fingerprint density at radius 2 is 1.96 bits per heavy atom. The van der Waals surface area contributed by atoms with E-state index in [1.807, 2.05) is 0 Å². The molecule has 0 amide bonds. The van der Waals surface area contributed by atoms with Gasteiger partial charge in [0.1, 0.15) is 11.6 Å². The maximum atomic E-state index is 14.0. The van der Waals surface area contributed by atoms with Crippen LogP contribution in [0.5, 0.6) is 5.75 Å². The van der Waals surface area contributed by atoms with Gasteiger partial charge in [-0.2, -0.15) is 0 Å². The Bertz CT molecular complexity index is 592. The van der Waals surface area contributed by atoms with Gasteiger partial charge in [0.25, 0.3) is 0 Å². The molecule has 2 saturated carbocycles. The van der Waals surface area contributed by atoms with Crippen LogP contribution in [0, 0.1) is 29.5 Å². The summed E-state index contributed by atoms with van der Waals surface area (Å²) in [6, 6.07) is 3.12. The third-order valence-corrected chi connectivity index (χ3v) is 5.58. The molecular weight excluding hydrogens is 303 g/mol. The number of ether oxygens (including phenoxy) is 1. The zero-order valence-corrected chi connectivity index (χ0v) is 15.1. The first-order valence-electron chi connectivity index (χ1n) is 9.39. The molecule has 2 fully saturated rings. The molecule has 0 heterocycles. The fourth-order valence-corrected chi connectivity index (χ4v) is 4.33. The molecule has 24 heavy (non-hydrogen) atoms. The minimum Gasteiger partial charge on any atom is -0.493 e. The van der Waals surface area contributed by atoms with Crippen molar-refractivity contribution >= 4 is 6.29 Å². The van der Waals surface area contributed by atoms with E-state index < -0.39 is 5.82 Å². The summed E-state index contributed by atoms with van der Waals surface area (Å²) < 4.78 is 20.1. The molecule has 2 aliphatic carbocycles. The van der Waals surface area contributed by atoms with Crippen LogP contribution in [0.2, 0.25) is 0 Å². The van der Waals surface area contributed by atoms with Crippen molar-refractivity contribution in [1.29, 1.82) is 0 Å². The fourth-order valence-electron chi connectivity index (χ4n) is 4.33. The maximum absolute atomic E-state index is 14.0. The van der Waals surface area contributed by atoms with Crippen molar-refractivity contribution in [2.45, 2.75) is 58.8 Å². The molecule has 0 N–H and O–H groups in total. The standard InChI is InChI=1S/C21H29FO2/c1-13(2)6-16-7-14(3)8-18(16)12-24-21-10-20(22)17(11-23)9-19(21)15-4-5-15/h9-11,13-16,18H,4-8,12H2,1-3H3. The first kappa shape index (κ1) is 17.4. The van der Waals surface area contributed by atoms with Gasteiger partial charge in [-0.1, -0.05) is 20.8 Å². The quantitative estimate of drug-likeness (QED) is 0.607. The lowest BCUT2D eigenvalue weighted by Gasteiger charge is -2.22. The van der Waals surface area contributed by atoms with Crippen molar-refractivity contribution in [1.82, 2.24) is 0 Å². The van der Waals surface area contributed by atoms with Gasteiger partial charge in [-0.25, -0.2) is 4.39 Å². The molecule has 0 radical (unpaired) electrons. The molecule has 3 rings (SSSR count). The summed E-state index contributed by atoms with van der Waals surface area (Å²) in [5, 5.41) is 0. The van der Waals surface area contributed by atoms with Gasteiger partial charge in [-0.3, -0.25) is 4.79 Å². The molecule has 3 atom stereocenters. The number of rotatable bonds is 7. The normalized spacial score (nSPS) is 26.8. The average molecular weight is 332 g/mol. The molecule has 0 bridgehead atoms. The van der Waals surface area contributed by atoms with Crippen LogP contribution in [0.3, 0.4) is 0 Å². The number of halogens is 1. The summed E-state index contributed by atoms with van der Waals surface area (Å²) in [4.78, 5) is 11.0. The molecular formula is C21H29FO2. The summed E-state index contributed by atoms with van der Waals surface area (Å²) in [6.07, 6.45) is 6.53. The summed E-state index contributed by atoms with van der Waals surface area (Å²) >= 11 is 0. The van der Waals surface area contributed by atoms with Gasteiger partial charge in [-0.05, 0) is 73.3 Å². The number of hydrogen-bond acceptors (Lipinski definition) is 2. The van der Waals surface area contributed by atoms with Gasteiger partial charge in [0.15, 0.2) is 6.29 Å². The van der Waals surface area contributed by atoms with E-state index >= 15 is 0 Å². The van der Waals surface area contributed by atoms with Crippen molar-refractivity contribution in [3.05, 3.63) is 29.1 Å². The topological polar surface area (TPSA) is 26.3 Å². The Balaban J connectivity index is 1.71. The van der Waals surface area contributed by atoms with Crippen molar-refractivity contribution in [3.63, 3.8) is 0 Å². The average Bonchev–Trinajstić information content (AvgIpc) is 3.29. The maximum Gasteiger partial charge on any atom is 0.153 e. The van der Waals surface area contributed by atoms with Crippen molar-refractivity contribution in [2.24, 2.45) is 23.7 Å². The SMILES string of the molecule is CC(C)CC1CC(C)CC1COc1cc(F)c(C=O)cc1C1CC1. The van der Waals surface area contributed by atoms with Crippen LogP contribution in [0.1, 0.15) is 74.7 Å². The van der Waals surface area contributed by atoms with Crippen LogP contribution in [-0.2, 0) is 0 Å². The van der Waals surface area contributed by atoms with Gasteiger partial charge in [-0.15, -0.1) is 0 Å². The summed E-state index contributed by atoms with van der Waals surface area (Å²) in [7, 11) is 0. The zero-order valence-electron chi connectivity index (χ0n) is 15.1. The van der Waals surface area contributed by atoms with Crippen LogP contribution in [0.25, 0.3) is 0 Å². The Kier molecular flexibility index (Phi) is 5.27. The lowest BCUT2D eigenvalue weighted by atomic mass is 9.88. The molecule has 0 aliphatic heterocycles. The second-order valence-corrected chi connectivity index (χ2v) is 8.34. The van der Waals surface area contributed by atoms with E-state index in [0.29, 0.717) is 42.3 Å². The Labute approximate surface area is 144 Å². The van der Waals surface area contributed by atoms with E-state index in [-0.39, 0.29) is 5.56 Å².